The van der Waals surface area contributed by atoms with Gasteiger partial charge in [0.25, 0.3) is 5.56 Å². The molecule has 1 amide bonds. The molecule has 0 saturated heterocycles. The van der Waals surface area contributed by atoms with Gasteiger partial charge in [-0.15, -0.1) is 0 Å². The summed E-state index contributed by atoms with van der Waals surface area (Å²) in [6.45, 7) is 1.72. The fraction of sp³-hybridized carbons (Fsp3) is 0.185. The van der Waals surface area contributed by atoms with Crippen molar-refractivity contribution in [1.29, 1.82) is 0 Å². The highest BCUT2D eigenvalue weighted by molar-refractivity contribution is 5.92. The Bertz CT molecular complexity index is 1500. The number of methoxy groups -OCH3 is 2. The van der Waals surface area contributed by atoms with E-state index in [1.165, 1.54) is 11.7 Å². The lowest BCUT2D eigenvalue weighted by atomic mass is 10.1. The number of carbonyl (C=O) groups is 1. The predicted octanol–water partition coefficient (Wildman–Crippen LogP) is 4.86. The second-order valence-corrected chi connectivity index (χ2v) is 8.22. The van der Waals surface area contributed by atoms with Crippen molar-refractivity contribution in [3.05, 3.63) is 93.8 Å². The van der Waals surface area contributed by atoms with Gasteiger partial charge in [0.15, 0.2) is 11.5 Å². The fourth-order valence-corrected chi connectivity index (χ4v) is 3.89. The molecule has 4 aromatic rings. The van der Waals surface area contributed by atoms with Crippen LogP contribution in [0, 0.1) is 18.6 Å². The molecule has 9 heteroatoms. The molecule has 36 heavy (non-hydrogen) atoms. The minimum absolute atomic E-state index is 0.166. The molecule has 0 unspecified atom stereocenters. The van der Waals surface area contributed by atoms with Crippen LogP contribution >= 0.6 is 0 Å². The average Bonchev–Trinajstić information content (AvgIpc) is 2.86. The van der Waals surface area contributed by atoms with Crippen LogP contribution in [0.25, 0.3) is 10.9 Å². The number of fused-ring (bicyclic) bond motifs is 1. The quantitative estimate of drug-likeness (QED) is 0.367. The third-order valence-corrected chi connectivity index (χ3v) is 5.70. The number of halogens is 2. The highest BCUT2D eigenvalue weighted by Crippen LogP contribution is 2.30. The van der Waals surface area contributed by atoms with Gasteiger partial charge in [-0.3, -0.25) is 14.2 Å². The molecule has 0 fully saturated rings. The Morgan fingerprint density at radius 3 is 2.44 bits per heavy atom. The number of rotatable bonds is 8. The van der Waals surface area contributed by atoms with Crippen molar-refractivity contribution >= 4 is 28.2 Å². The number of nitrogens with zero attached hydrogens (tertiary/aromatic N) is 1. The number of carbonyl (C=O) groups excluding carboxylic acids is 1. The van der Waals surface area contributed by atoms with E-state index in [9.17, 15) is 18.4 Å². The van der Waals surface area contributed by atoms with E-state index < -0.39 is 17.5 Å². The van der Waals surface area contributed by atoms with Crippen LogP contribution in [-0.4, -0.2) is 24.7 Å². The van der Waals surface area contributed by atoms with Gasteiger partial charge in [0.2, 0.25) is 5.91 Å². The Balaban J connectivity index is 1.64. The molecule has 1 heterocycles. The zero-order chi connectivity index (χ0) is 25.8. The summed E-state index contributed by atoms with van der Waals surface area (Å²) in [7, 11) is 3.08. The molecule has 0 saturated carbocycles. The van der Waals surface area contributed by atoms with Crippen molar-refractivity contribution in [3.8, 4) is 11.5 Å². The number of aryl methyl sites for hydroxylation is 1. The lowest BCUT2D eigenvalue weighted by Gasteiger charge is -2.15. The molecule has 1 aromatic heterocycles. The summed E-state index contributed by atoms with van der Waals surface area (Å²) in [5.41, 5.74) is 2.10. The minimum atomic E-state index is -0.899. The largest absolute Gasteiger partial charge is 0.493 e. The van der Waals surface area contributed by atoms with Crippen LogP contribution in [0.15, 0.2) is 65.5 Å². The normalized spacial score (nSPS) is 10.8. The van der Waals surface area contributed by atoms with Gasteiger partial charge >= 0.3 is 0 Å². The first-order valence-electron chi connectivity index (χ1n) is 11.1. The van der Waals surface area contributed by atoms with Crippen molar-refractivity contribution in [2.75, 3.05) is 24.9 Å². The molecular formula is C27H25F2N3O4. The van der Waals surface area contributed by atoms with Crippen LogP contribution < -0.4 is 25.7 Å². The maximum Gasteiger partial charge on any atom is 0.256 e. The van der Waals surface area contributed by atoms with E-state index in [0.717, 1.165) is 23.1 Å². The summed E-state index contributed by atoms with van der Waals surface area (Å²) in [5, 5.41) is 6.38. The summed E-state index contributed by atoms with van der Waals surface area (Å²) < 4.78 is 39.1. The van der Waals surface area contributed by atoms with Gasteiger partial charge < -0.3 is 20.1 Å². The standard InChI is InChI=1S/C27H25F2N3O4/c1-16-4-5-17-11-18(14-30-20-7-9-24(35-2)25(13-20)36-3)27(34)32(23(17)10-16)15-26(33)31-22-8-6-19(28)12-21(22)29/h4-13,30H,14-15H2,1-3H3,(H,31,33). The topological polar surface area (TPSA) is 81.6 Å². The van der Waals surface area contributed by atoms with E-state index in [1.54, 1.807) is 31.4 Å². The Kier molecular flexibility index (Phi) is 7.19. The summed E-state index contributed by atoms with van der Waals surface area (Å²) in [6, 6.07) is 15.5. The SMILES string of the molecule is COc1ccc(NCc2cc3ccc(C)cc3n(CC(=O)Nc3ccc(F)cc3F)c2=O)cc1OC. The minimum Gasteiger partial charge on any atom is -0.493 e. The number of aromatic nitrogens is 1. The summed E-state index contributed by atoms with van der Waals surface area (Å²) in [6.07, 6.45) is 0. The van der Waals surface area contributed by atoms with E-state index >= 15 is 0 Å². The van der Waals surface area contributed by atoms with Gasteiger partial charge in [-0.2, -0.15) is 0 Å². The van der Waals surface area contributed by atoms with Gasteiger partial charge in [0.05, 0.1) is 25.4 Å². The highest BCUT2D eigenvalue weighted by Gasteiger charge is 2.15. The molecule has 0 aliphatic carbocycles. The Morgan fingerprint density at radius 1 is 0.944 bits per heavy atom. The van der Waals surface area contributed by atoms with Crippen LogP contribution in [-0.2, 0) is 17.9 Å². The number of ether oxygens (including phenoxy) is 2. The molecule has 0 aliphatic rings. The first-order chi connectivity index (χ1) is 17.3. The number of amides is 1. The molecule has 3 aromatic carbocycles. The van der Waals surface area contributed by atoms with E-state index in [0.29, 0.717) is 34.3 Å². The van der Waals surface area contributed by atoms with Crippen molar-refractivity contribution in [3.63, 3.8) is 0 Å². The first-order valence-corrected chi connectivity index (χ1v) is 11.1. The molecule has 186 valence electrons. The first kappa shape index (κ1) is 24.7. The molecule has 0 radical (unpaired) electrons. The second-order valence-electron chi connectivity index (χ2n) is 8.22. The molecule has 7 nitrogen and oxygen atoms in total. The number of hydrogen-bond donors (Lipinski definition) is 2. The van der Waals surface area contributed by atoms with Crippen molar-refractivity contribution in [2.45, 2.75) is 20.0 Å². The van der Waals surface area contributed by atoms with Gasteiger partial charge in [0.1, 0.15) is 18.2 Å². The number of nitrogens with one attached hydrogen (secondary N) is 2. The van der Waals surface area contributed by atoms with Gasteiger partial charge in [-0.25, -0.2) is 8.78 Å². The Morgan fingerprint density at radius 2 is 1.72 bits per heavy atom. The summed E-state index contributed by atoms with van der Waals surface area (Å²) >= 11 is 0. The molecular weight excluding hydrogens is 468 g/mol. The summed E-state index contributed by atoms with van der Waals surface area (Å²) in [4.78, 5) is 26.2. The van der Waals surface area contributed by atoms with E-state index in [-0.39, 0.29) is 24.3 Å². The predicted molar refractivity (Wildman–Crippen MR) is 135 cm³/mol. The van der Waals surface area contributed by atoms with Crippen molar-refractivity contribution in [1.82, 2.24) is 4.57 Å². The maximum atomic E-state index is 14.0. The maximum absolute atomic E-state index is 14.0. The third-order valence-electron chi connectivity index (χ3n) is 5.70. The number of benzene rings is 3. The van der Waals surface area contributed by atoms with Crippen LogP contribution in [0.2, 0.25) is 0 Å². The van der Waals surface area contributed by atoms with Gasteiger partial charge in [0, 0.05) is 29.9 Å². The molecule has 0 aliphatic heterocycles. The van der Waals surface area contributed by atoms with Crippen LogP contribution in [0.1, 0.15) is 11.1 Å². The Hall–Kier alpha value is -4.40. The van der Waals surface area contributed by atoms with Crippen LogP contribution in [0.5, 0.6) is 11.5 Å². The summed E-state index contributed by atoms with van der Waals surface area (Å²) in [5.74, 6) is -1.15. The lowest BCUT2D eigenvalue weighted by Crippen LogP contribution is -2.31. The Labute approximate surface area is 206 Å². The number of hydrogen-bond acceptors (Lipinski definition) is 5. The third kappa shape index (κ3) is 5.30. The van der Waals surface area contributed by atoms with E-state index in [2.05, 4.69) is 10.6 Å². The monoisotopic (exact) mass is 493 g/mol. The molecule has 0 spiro atoms. The number of anilines is 2. The lowest BCUT2D eigenvalue weighted by molar-refractivity contribution is -0.116. The fourth-order valence-electron chi connectivity index (χ4n) is 3.89. The zero-order valence-electron chi connectivity index (χ0n) is 20.0. The van der Waals surface area contributed by atoms with Crippen LogP contribution in [0.4, 0.5) is 20.2 Å². The van der Waals surface area contributed by atoms with Gasteiger partial charge in [-0.1, -0.05) is 12.1 Å². The van der Waals surface area contributed by atoms with Gasteiger partial charge in [-0.05, 0) is 54.3 Å². The van der Waals surface area contributed by atoms with Crippen molar-refractivity contribution in [2.24, 2.45) is 0 Å². The molecule has 2 N–H and O–H groups in total. The molecule has 4 rings (SSSR count). The van der Waals surface area contributed by atoms with Crippen LogP contribution in [0.3, 0.4) is 0 Å². The molecule has 0 atom stereocenters. The molecule has 0 bridgehead atoms. The number of pyridine rings is 1. The highest BCUT2D eigenvalue weighted by atomic mass is 19.1. The second kappa shape index (κ2) is 10.5. The van der Waals surface area contributed by atoms with E-state index in [4.69, 9.17) is 9.47 Å². The zero-order valence-corrected chi connectivity index (χ0v) is 20.0. The van der Waals surface area contributed by atoms with Crippen molar-refractivity contribution < 1.29 is 23.0 Å². The smallest absolute Gasteiger partial charge is 0.256 e. The average molecular weight is 494 g/mol. The van der Waals surface area contributed by atoms with E-state index in [1.807, 2.05) is 25.1 Å².